The summed E-state index contributed by atoms with van der Waals surface area (Å²) in [4.78, 5) is 16.6. The lowest BCUT2D eigenvalue weighted by Crippen LogP contribution is -2.10. The van der Waals surface area contributed by atoms with E-state index >= 15 is 0 Å². The van der Waals surface area contributed by atoms with Crippen molar-refractivity contribution in [3.8, 4) is 0 Å². The number of rotatable bonds is 0. The third-order valence-electron chi connectivity index (χ3n) is 0.762. The molecule has 5 heteroatoms. The van der Waals surface area contributed by atoms with Crippen molar-refractivity contribution in [3.05, 3.63) is 21.2 Å². The van der Waals surface area contributed by atoms with Gasteiger partial charge in [0, 0.05) is 0 Å². The summed E-state index contributed by atoms with van der Waals surface area (Å²) in [6, 6.07) is 0. The standard InChI is InChI=1S/C4H4BrN3O/c5-3-4(9)8-2(6)1-7-3/h1H,(H3,6,8,9). The monoisotopic (exact) mass is 189 g/mol. The number of H-pyrrole nitrogens is 1. The highest BCUT2D eigenvalue weighted by atomic mass is 79.9. The SMILES string of the molecule is Nc1cnc(Br)c(=O)[nH]1. The van der Waals surface area contributed by atoms with Gasteiger partial charge in [-0.05, 0) is 15.9 Å². The number of aromatic nitrogens is 2. The molecule has 1 rings (SSSR count). The summed E-state index contributed by atoms with van der Waals surface area (Å²) in [5.41, 5.74) is 4.88. The molecule has 0 saturated carbocycles. The lowest BCUT2D eigenvalue weighted by atomic mass is 10.7. The van der Waals surface area contributed by atoms with E-state index in [2.05, 4.69) is 25.9 Å². The number of nitrogens with two attached hydrogens (primary N) is 1. The van der Waals surface area contributed by atoms with Gasteiger partial charge in [-0.25, -0.2) is 4.98 Å². The maximum absolute atomic E-state index is 10.6. The normalized spacial score (nSPS) is 9.44. The molecular formula is C4H4BrN3O. The Labute approximate surface area is 59.2 Å². The zero-order chi connectivity index (χ0) is 6.85. The van der Waals surface area contributed by atoms with Crippen molar-refractivity contribution in [2.45, 2.75) is 0 Å². The fraction of sp³-hybridized carbons (Fsp3) is 0. The summed E-state index contributed by atoms with van der Waals surface area (Å²) < 4.78 is 0.247. The van der Waals surface area contributed by atoms with E-state index in [9.17, 15) is 4.79 Å². The van der Waals surface area contributed by atoms with Gasteiger partial charge in [-0.2, -0.15) is 0 Å². The first-order valence-electron chi connectivity index (χ1n) is 2.20. The van der Waals surface area contributed by atoms with Crippen LogP contribution in [-0.4, -0.2) is 9.97 Å². The van der Waals surface area contributed by atoms with Crippen LogP contribution >= 0.6 is 15.9 Å². The highest BCUT2D eigenvalue weighted by Crippen LogP contribution is 1.95. The van der Waals surface area contributed by atoms with Crippen molar-refractivity contribution >= 4 is 21.7 Å². The molecule has 1 aromatic heterocycles. The van der Waals surface area contributed by atoms with Crippen LogP contribution in [0.15, 0.2) is 15.6 Å². The van der Waals surface area contributed by atoms with Crippen LogP contribution in [0.5, 0.6) is 0 Å². The summed E-state index contributed by atoms with van der Waals surface area (Å²) >= 11 is 2.92. The number of aromatic amines is 1. The van der Waals surface area contributed by atoms with E-state index in [-0.39, 0.29) is 16.0 Å². The molecule has 0 aliphatic carbocycles. The summed E-state index contributed by atoms with van der Waals surface area (Å²) in [7, 11) is 0. The molecule has 0 unspecified atom stereocenters. The lowest BCUT2D eigenvalue weighted by molar-refractivity contribution is 1.11. The molecule has 0 aliphatic heterocycles. The first-order chi connectivity index (χ1) is 4.20. The topological polar surface area (TPSA) is 71.8 Å². The number of anilines is 1. The van der Waals surface area contributed by atoms with Crippen molar-refractivity contribution in [3.63, 3.8) is 0 Å². The van der Waals surface area contributed by atoms with Crippen molar-refractivity contribution in [1.29, 1.82) is 0 Å². The highest BCUT2D eigenvalue weighted by Gasteiger charge is 1.93. The average Bonchev–Trinajstić information content (AvgIpc) is 1.80. The molecule has 48 valence electrons. The van der Waals surface area contributed by atoms with Crippen LogP contribution in [0.4, 0.5) is 5.82 Å². The fourth-order valence-corrected chi connectivity index (χ4v) is 0.601. The zero-order valence-corrected chi connectivity index (χ0v) is 5.97. The molecule has 0 spiro atoms. The second-order valence-corrected chi connectivity index (χ2v) is 2.21. The van der Waals surface area contributed by atoms with E-state index in [1.165, 1.54) is 6.20 Å². The first-order valence-corrected chi connectivity index (χ1v) is 3.00. The third kappa shape index (κ3) is 1.29. The molecule has 0 bridgehead atoms. The van der Waals surface area contributed by atoms with Gasteiger partial charge in [0.25, 0.3) is 5.56 Å². The smallest absolute Gasteiger partial charge is 0.282 e. The maximum atomic E-state index is 10.6. The molecule has 0 atom stereocenters. The molecule has 9 heavy (non-hydrogen) atoms. The predicted octanol–water partition coefficient (Wildman–Crippen LogP) is 0.115. The van der Waals surface area contributed by atoms with Gasteiger partial charge < -0.3 is 10.7 Å². The molecule has 0 aliphatic rings. The number of nitrogen functional groups attached to an aromatic ring is 1. The molecule has 1 aromatic rings. The van der Waals surface area contributed by atoms with Gasteiger partial charge in [0.2, 0.25) is 0 Å². The van der Waals surface area contributed by atoms with E-state index in [4.69, 9.17) is 5.73 Å². The van der Waals surface area contributed by atoms with E-state index in [0.29, 0.717) is 0 Å². The van der Waals surface area contributed by atoms with Crippen molar-refractivity contribution in [1.82, 2.24) is 9.97 Å². The Morgan fingerprint density at radius 1 is 1.78 bits per heavy atom. The van der Waals surface area contributed by atoms with Gasteiger partial charge in [0.05, 0.1) is 6.20 Å². The molecule has 0 amide bonds. The molecular weight excluding hydrogens is 186 g/mol. The summed E-state index contributed by atoms with van der Waals surface area (Å²) in [6.45, 7) is 0. The number of nitrogens with one attached hydrogen (secondary N) is 1. The number of halogens is 1. The second-order valence-electron chi connectivity index (χ2n) is 1.46. The van der Waals surface area contributed by atoms with Gasteiger partial charge in [-0.1, -0.05) is 0 Å². The number of hydrogen-bond donors (Lipinski definition) is 2. The van der Waals surface area contributed by atoms with Gasteiger partial charge in [-0.3, -0.25) is 4.79 Å². The molecule has 4 nitrogen and oxygen atoms in total. The van der Waals surface area contributed by atoms with Gasteiger partial charge in [-0.15, -0.1) is 0 Å². The Bertz CT molecular complexity index is 269. The van der Waals surface area contributed by atoms with E-state index in [1.807, 2.05) is 0 Å². The third-order valence-corrected chi connectivity index (χ3v) is 1.33. The van der Waals surface area contributed by atoms with Crippen LogP contribution in [0.1, 0.15) is 0 Å². The van der Waals surface area contributed by atoms with Crippen molar-refractivity contribution in [2.75, 3.05) is 5.73 Å². The quantitative estimate of drug-likeness (QED) is 0.609. The Balaban J connectivity index is 3.34. The second kappa shape index (κ2) is 2.18. The van der Waals surface area contributed by atoms with Crippen molar-refractivity contribution in [2.24, 2.45) is 0 Å². The lowest BCUT2D eigenvalue weighted by Gasteiger charge is -1.89. The Kier molecular flexibility index (Phi) is 1.52. The summed E-state index contributed by atoms with van der Waals surface area (Å²) in [5.74, 6) is 0.267. The molecule has 0 saturated heterocycles. The van der Waals surface area contributed by atoms with Gasteiger partial charge in [0.15, 0.2) is 4.60 Å². The van der Waals surface area contributed by atoms with Crippen LogP contribution in [-0.2, 0) is 0 Å². The molecule has 0 radical (unpaired) electrons. The van der Waals surface area contributed by atoms with Crippen LogP contribution in [0.3, 0.4) is 0 Å². The highest BCUT2D eigenvalue weighted by molar-refractivity contribution is 9.10. The Hall–Kier alpha value is -0.840. The van der Waals surface area contributed by atoms with Crippen LogP contribution < -0.4 is 11.3 Å². The zero-order valence-electron chi connectivity index (χ0n) is 4.39. The summed E-state index contributed by atoms with van der Waals surface area (Å²) in [6.07, 6.45) is 1.37. The van der Waals surface area contributed by atoms with E-state index in [1.54, 1.807) is 0 Å². The Morgan fingerprint density at radius 3 is 2.89 bits per heavy atom. The minimum absolute atomic E-state index is 0.247. The number of hydrogen-bond acceptors (Lipinski definition) is 3. The molecule has 0 fully saturated rings. The maximum Gasteiger partial charge on any atom is 0.282 e. The Morgan fingerprint density at radius 2 is 2.44 bits per heavy atom. The van der Waals surface area contributed by atoms with Crippen molar-refractivity contribution < 1.29 is 0 Å². The molecule has 3 N–H and O–H groups in total. The van der Waals surface area contributed by atoms with Gasteiger partial charge >= 0.3 is 0 Å². The fourth-order valence-electron chi connectivity index (χ4n) is 0.400. The minimum atomic E-state index is -0.310. The van der Waals surface area contributed by atoms with Crippen LogP contribution in [0, 0.1) is 0 Å². The minimum Gasteiger partial charge on any atom is -0.384 e. The largest absolute Gasteiger partial charge is 0.384 e. The predicted molar refractivity (Wildman–Crippen MR) is 37.0 cm³/mol. The number of nitrogens with zero attached hydrogens (tertiary/aromatic N) is 1. The first kappa shape index (κ1) is 6.28. The summed E-state index contributed by atoms with van der Waals surface area (Å²) in [5, 5.41) is 0. The molecule has 1 heterocycles. The average molecular weight is 190 g/mol. The van der Waals surface area contributed by atoms with Crippen LogP contribution in [0.25, 0.3) is 0 Å². The molecule has 0 aromatic carbocycles. The van der Waals surface area contributed by atoms with E-state index in [0.717, 1.165) is 0 Å². The van der Waals surface area contributed by atoms with Gasteiger partial charge in [0.1, 0.15) is 5.82 Å². The van der Waals surface area contributed by atoms with Crippen LogP contribution in [0.2, 0.25) is 0 Å². The van der Waals surface area contributed by atoms with E-state index < -0.39 is 0 Å².